The van der Waals surface area contributed by atoms with Gasteiger partial charge in [-0.3, -0.25) is 0 Å². The van der Waals surface area contributed by atoms with Crippen molar-refractivity contribution in [3.63, 3.8) is 0 Å². The summed E-state index contributed by atoms with van der Waals surface area (Å²) in [5.74, 6) is 0. The zero-order valence-corrected chi connectivity index (χ0v) is 8.59. The zero-order valence-electron chi connectivity index (χ0n) is 8.59. The third-order valence-electron chi connectivity index (χ3n) is 2.77. The van der Waals surface area contributed by atoms with Crippen LogP contribution in [0.15, 0.2) is 0 Å². The molecule has 1 aliphatic rings. The highest BCUT2D eigenvalue weighted by Crippen LogP contribution is 2.20. The minimum Gasteiger partial charge on any atom is -0.381 e. The Balaban J connectivity index is 2.11. The summed E-state index contributed by atoms with van der Waals surface area (Å²) in [5, 5.41) is 3.53. The van der Waals surface area contributed by atoms with Crippen LogP contribution >= 0.6 is 0 Å². The molecule has 0 aromatic heterocycles. The lowest BCUT2D eigenvalue weighted by atomic mass is 9.93. The van der Waals surface area contributed by atoms with Crippen molar-refractivity contribution in [3.05, 3.63) is 0 Å². The molecule has 3 N–H and O–H groups in total. The molecule has 0 aliphatic heterocycles. The molecule has 0 saturated heterocycles. The van der Waals surface area contributed by atoms with Crippen molar-refractivity contribution in [1.82, 2.24) is 5.32 Å². The van der Waals surface area contributed by atoms with Crippen LogP contribution in [0.4, 0.5) is 0 Å². The standard InChI is InChI=1S/C10H22N2O/c1-13-10-5-2-4-9(8-10)12-7-3-6-11/h9-10,12H,2-8,11H2,1H3. The number of methoxy groups -OCH3 is 1. The highest BCUT2D eigenvalue weighted by Gasteiger charge is 2.20. The Labute approximate surface area is 81.0 Å². The molecule has 0 amide bonds. The molecular weight excluding hydrogens is 164 g/mol. The molecular formula is C10H22N2O. The lowest BCUT2D eigenvalue weighted by Crippen LogP contribution is -2.37. The van der Waals surface area contributed by atoms with E-state index in [9.17, 15) is 0 Å². The zero-order chi connectivity index (χ0) is 9.52. The summed E-state index contributed by atoms with van der Waals surface area (Å²) in [5.41, 5.74) is 5.43. The van der Waals surface area contributed by atoms with Gasteiger partial charge in [-0.1, -0.05) is 0 Å². The third kappa shape index (κ3) is 4.07. The smallest absolute Gasteiger partial charge is 0.0586 e. The highest BCUT2D eigenvalue weighted by molar-refractivity contribution is 4.78. The van der Waals surface area contributed by atoms with Crippen molar-refractivity contribution in [2.24, 2.45) is 5.73 Å². The summed E-state index contributed by atoms with van der Waals surface area (Å²) in [6, 6.07) is 0.658. The van der Waals surface area contributed by atoms with Gasteiger partial charge in [-0.2, -0.15) is 0 Å². The molecule has 1 saturated carbocycles. The van der Waals surface area contributed by atoms with Gasteiger partial charge in [0.15, 0.2) is 0 Å². The minimum atomic E-state index is 0.476. The summed E-state index contributed by atoms with van der Waals surface area (Å²) in [6.07, 6.45) is 6.54. The van der Waals surface area contributed by atoms with E-state index in [2.05, 4.69) is 5.32 Å². The second kappa shape index (κ2) is 6.35. The summed E-state index contributed by atoms with van der Waals surface area (Å²) in [7, 11) is 1.81. The molecule has 0 spiro atoms. The van der Waals surface area contributed by atoms with E-state index in [-0.39, 0.29) is 0 Å². The number of nitrogens with two attached hydrogens (primary N) is 1. The number of nitrogens with one attached hydrogen (secondary N) is 1. The predicted molar refractivity (Wildman–Crippen MR) is 54.7 cm³/mol. The van der Waals surface area contributed by atoms with Crippen LogP contribution in [0.5, 0.6) is 0 Å². The molecule has 2 unspecified atom stereocenters. The molecule has 13 heavy (non-hydrogen) atoms. The van der Waals surface area contributed by atoms with E-state index >= 15 is 0 Å². The van der Waals surface area contributed by atoms with Crippen LogP contribution in [0.2, 0.25) is 0 Å². The summed E-state index contributed by atoms with van der Waals surface area (Å²) >= 11 is 0. The SMILES string of the molecule is COC1CCCC(NCCCN)C1. The Morgan fingerprint density at radius 1 is 1.46 bits per heavy atom. The fraction of sp³-hybridized carbons (Fsp3) is 1.00. The number of hydrogen-bond acceptors (Lipinski definition) is 3. The molecule has 0 bridgehead atoms. The maximum absolute atomic E-state index is 5.43. The van der Waals surface area contributed by atoms with Crippen LogP contribution in [-0.4, -0.2) is 32.3 Å². The third-order valence-corrected chi connectivity index (χ3v) is 2.77. The first-order valence-electron chi connectivity index (χ1n) is 5.33. The van der Waals surface area contributed by atoms with E-state index in [0.29, 0.717) is 12.1 Å². The molecule has 0 heterocycles. The Bertz CT molecular complexity index is 130. The number of rotatable bonds is 5. The fourth-order valence-electron chi connectivity index (χ4n) is 1.95. The summed E-state index contributed by atoms with van der Waals surface area (Å²) in [6.45, 7) is 1.84. The summed E-state index contributed by atoms with van der Waals surface area (Å²) < 4.78 is 5.36. The van der Waals surface area contributed by atoms with Crippen molar-refractivity contribution in [2.75, 3.05) is 20.2 Å². The molecule has 2 atom stereocenters. The molecule has 3 heteroatoms. The fourth-order valence-corrected chi connectivity index (χ4v) is 1.95. The monoisotopic (exact) mass is 186 g/mol. The molecule has 0 aromatic rings. The Kier molecular flexibility index (Phi) is 5.35. The van der Waals surface area contributed by atoms with Gasteiger partial charge in [0.05, 0.1) is 6.10 Å². The maximum Gasteiger partial charge on any atom is 0.0586 e. The van der Waals surface area contributed by atoms with E-state index in [0.717, 1.165) is 19.5 Å². The first-order valence-corrected chi connectivity index (χ1v) is 5.33. The normalized spacial score (nSPS) is 29.1. The van der Waals surface area contributed by atoms with E-state index in [4.69, 9.17) is 10.5 Å². The van der Waals surface area contributed by atoms with Crippen LogP contribution in [0.3, 0.4) is 0 Å². The van der Waals surface area contributed by atoms with Gasteiger partial charge in [0.1, 0.15) is 0 Å². The number of hydrogen-bond donors (Lipinski definition) is 2. The molecule has 0 radical (unpaired) electrons. The highest BCUT2D eigenvalue weighted by atomic mass is 16.5. The topological polar surface area (TPSA) is 47.3 Å². The lowest BCUT2D eigenvalue weighted by Gasteiger charge is -2.28. The number of ether oxygens (including phenoxy) is 1. The second-order valence-corrected chi connectivity index (χ2v) is 3.82. The Morgan fingerprint density at radius 2 is 2.31 bits per heavy atom. The van der Waals surface area contributed by atoms with Crippen LogP contribution in [0.25, 0.3) is 0 Å². The van der Waals surface area contributed by atoms with Gasteiger partial charge >= 0.3 is 0 Å². The molecule has 1 rings (SSSR count). The van der Waals surface area contributed by atoms with E-state index in [1.54, 1.807) is 0 Å². The van der Waals surface area contributed by atoms with Gasteiger partial charge in [-0.15, -0.1) is 0 Å². The van der Waals surface area contributed by atoms with Gasteiger partial charge in [-0.25, -0.2) is 0 Å². The average molecular weight is 186 g/mol. The lowest BCUT2D eigenvalue weighted by molar-refractivity contribution is 0.0589. The van der Waals surface area contributed by atoms with Crippen LogP contribution in [-0.2, 0) is 4.74 Å². The first kappa shape index (κ1) is 11.0. The van der Waals surface area contributed by atoms with Crippen molar-refractivity contribution in [2.45, 2.75) is 44.2 Å². The van der Waals surface area contributed by atoms with Gasteiger partial charge < -0.3 is 15.8 Å². The van der Waals surface area contributed by atoms with Crippen molar-refractivity contribution in [3.8, 4) is 0 Å². The van der Waals surface area contributed by atoms with E-state index in [1.807, 2.05) is 7.11 Å². The molecule has 78 valence electrons. The van der Waals surface area contributed by atoms with Crippen LogP contribution in [0.1, 0.15) is 32.1 Å². The Morgan fingerprint density at radius 3 is 3.00 bits per heavy atom. The van der Waals surface area contributed by atoms with Gasteiger partial charge in [0.2, 0.25) is 0 Å². The van der Waals surface area contributed by atoms with E-state index < -0.39 is 0 Å². The molecule has 1 aliphatic carbocycles. The van der Waals surface area contributed by atoms with Crippen LogP contribution < -0.4 is 11.1 Å². The van der Waals surface area contributed by atoms with Crippen molar-refractivity contribution in [1.29, 1.82) is 0 Å². The maximum atomic E-state index is 5.43. The largest absolute Gasteiger partial charge is 0.381 e. The average Bonchev–Trinajstić information content (AvgIpc) is 2.19. The summed E-state index contributed by atoms with van der Waals surface area (Å²) in [4.78, 5) is 0. The molecule has 0 aromatic carbocycles. The van der Waals surface area contributed by atoms with Crippen LogP contribution in [0, 0.1) is 0 Å². The van der Waals surface area contributed by atoms with E-state index in [1.165, 1.54) is 25.7 Å². The second-order valence-electron chi connectivity index (χ2n) is 3.82. The first-order chi connectivity index (χ1) is 6.36. The molecule has 3 nitrogen and oxygen atoms in total. The van der Waals surface area contributed by atoms with Crippen molar-refractivity contribution >= 4 is 0 Å². The quantitative estimate of drug-likeness (QED) is 0.627. The predicted octanol–water partition coefficient (Wildman–Crippen LogP) is 0.882. The van der Waals surface area contributed by atoms with Gasteiger partial charge in [0, 0.05) is 13.2 Å². The minimum absolute atomic E-state index is 0.476. The van der Waals surface area contributed by atoms with Gasteiger partial charge in [-0.05, 0) is 45.2 Å². The van der Waals surface area contributed by atoms with Gasteiger partial charge in [0.25, 0.3) is 0 Å². The Hall–Kier alpha value is -0.120. The molecule has 1 fully saturated rings. The van der Waals surface area contributed by atoms with Crippen molar-refractivity contribution < 1.29 is 4.74 Å².